The van der Waals surface area contributed by atoms with E-state index in [1.165, 1.54) is 19.3 Å². The maximum absolute atomic E-state index is 4.28. The highest BCUT2D eigenvalue weighted by molar-refractivity contribution is 5.81. The number of aliphatic imine (C=N–C) groups is 1. The Morgan fingerprint density at radius 1 is 1.70 bits per heavy atom. The van der Waals surface area contributed by atoms with Gasteiger partial charge in [0.15, 0.2) is 0 Å². The van der Waals surface area contributed by atoms with Gasteiger partial charge in [0.05, 0.1) is 12.4 Å². The monoisotopic (exact) mass is 140 g/mol. The molecule has 1 aliphatic heterocycles. The van der Waals surface area contributed by atoms with Gasteiger partial charge in [0.2, 0.25) is 0 Å². The number of hydrogen-bond acceptors (Lipinski definition) is 2. The molecule has 0 unspecified atom stereocenters. The molecule has 1 rings (SSSR count). The third-order valence-electron chi connectivity index (χ3n) is 1.87. The van der Waals surface area contributed by atoms with Gasteiger partial charge in [-0.3, -0.25) is 4.99 Å². The fourth-order valence-electron chi connectivity index (χ4n) is 1.25. The molecule has 0 radical (unpaired) electrons. The smallest absolute Gasteiger partial charge is 0.0935 e. The molecule has 2 nitrogen and oxygen atoms in total. The van der Waals surface area contributed by atoms with E-state index >= 15 is 0 Å². The molecular weight excluding hydrogens is 124 g/mol. The fraction of sp³-hybridized carbons (Fsp3) is 0.875. The van der Waals surface area contributed by atoms with Gasteiger partial charge in [-0.25, -0.2) is 0 Å². The Morgan fingerprint density at radius 3 is 3.00 bits per heavy atom. The molecule has 0 spiro atoms. The molecule has 2 heteroatoms. The fourth-order valence-corrected chi connectivity index (χ4v) is 1.25. The number of amidine groups is 1. The van der Waals surface area contributed by atoms with E-state index in [9.17, 15) is 0 Å². The molecule has 0 aromatic carbocycles. The summed E-state index contributed by atoms with van der Waals surface area (Å²) in [7, 11) is 0. The topological polar surface area (TPSA) is 24.4 Å². The minimum atomic E-state index is 0.639. The van der Waals surface area contributed by atoms with Gasteiger partial charge in [-0.15, -0.1) is 0 Å². The van der Waals surface area contributed by atoms with E-state index in [1.54, 1.807) is 0 Å². The lowest BCUT2D eigenvalue weighted by atomic mass is 10.1. The highest BCUT2D eigenvalue weighted by atomic mass is 15.1. The average Bonchev–Trinajstić information content (AvgIpc) is 2.31. The molecule has 0 saturated heterocycles. The van der Waals surface area contributed by atoms with Crippen molar-refractivity contribution in [3.63, 3.8) is 0 Å². The Morgan fingerprint density at radius 2 is 2.50 bits per heavy atom. The molecule has 58 valence electrons. The van der Waals surface area contributed by atoms with Crippen molar-refractivity contribution >= 4 is 5.84 Å². The van der Waals surface area contributed by atoms with E-state index < -0.39 is 0 Å². The normalized spacial score (nSPS) is 24.2. The quantitative estimate of drug-likeness (QED) is 0.632. The number of hydrogen-bond donors (Lipinski definition) is 1. The average molecular weight is 140 g/mol. The molecular formula is C8H16N2. The van der Waals surface area contributed by atoms with Crippen LogP contribution in [-0.2, 0) is 0 Å². The van der Waals surface area contributed by atoms with Crippen molar-refractivity contribution in [1.29, 1.82) is 0 Å². The van der Waals surface area contributed by atoms with Gasteiger partial charge in [-0.1, -0.05) is 19.8 Å². The molecule has 0 amide bonds. The first kappa shape index (κ1) is 7.58. The molecule has 1 heterocycles. The van der Waals surface area contributed by atoms with Crippen molar-refractivity contribution in [2.45, 2.75) is 39.2 Å². The predicted octanol–water partition coefficient (Wildman–Crippen LogP) is 1.57. The molecule has 1 aliphatic rings. The second kappa shape index (κ2) is 3.59. The van der Waals surface area contributed by atoms with Crippen molar-refractivity contribution in [2.24, 2.45) is 4.99 Å². The summed E-state index contributed by atoms with van der Waals surface area (Å²) in [5.41, 5.74) is 0. The Hall–Kier alpha value is -0.530. The van der Waals surface area contributed by atoms with Crippen molar-refractivity contribution in [3.05, 3.63) is 0 Å². The zero-order chi connectivity index (χ0) is 7.40. The van der Waals surface area contributed by atoms with Crippen LogP contribution in [0.4, 0.5) is 0 Å². The van der Waals surface area contributed by atoms with Crippen LogP contribution in [0.1, 0.15) is 33.1 Å². The third kappa shape index (κ3) is 2.01. The van der Waals surface area contributed by atoms with Crippen molar-refractivity contribution in [1.82, 2.24) is 5.32 Å². The van der Waals surface area contributed by atoms with Crippen LogP contribution in [0, 0.1) is 0 Å². The summed E-state index contributed by atoms with van der Waals surface area (Å²) in [5.74, 6) is 1.11. The minimum absolute atomic E-state index is 0.639. The van der Waals surface area contributed by atoms with Gasteiger partial charge in [0, 0.05) is 6.04 Å². The van der Waals surface area contributed by atoms with Crippen LogP contribution >= 0.6 is 0 Å². The van der Waals surface area contributed by atoms with Crippen LogP contribution in [0.5, 0.6) is 0 Å². The van der Waals surface area contributed by atoms with Gasteiger partial charge in [-0.2, -0.15) is 0 Å². The standard InChI is InChI=1S/C8H16N2/c1-3-4-5-8-6-9-7(2)10-8/h8H,3-6H2,1-2H3,(H,9,10)/t8-/m1/s1. The second-order valence-electron chi connectivity index (χ2n) is 2.91. The lowest BCUT2D eigenvalue weighted by Gasteiger charge is -2.08. The third-order valence-corrected chi connectivity index (χ3v) is 1.87. The molecule has 0 fully saturated rings. The molecule has 1 atom stereocenters. The summed E-state index contributed by atoms with van der Waals surface area (Å²) in [4.78, 5) is 4.28. The first-order chi connectivity index (χ1) is 4.83. The first-order valence-corrected chi connectivity index (χ1v) is 4.10. The molecule has 0 bridgehead atoms. The Balaban J connectivity index is 2.11. The number of nitrogens with zero attached hydrogens (tertiary/aromatic N) is 1. The Kier molecular flexibility index (Phi) is 2.72. The first-order valence-electron chi connectivity index (χ1n) is 4.10. The zero-order valence-corrected chi connectivity index (χ0v) is 6.85. The zero-order valence-electron chi connectivity index (χ0n) is 6.85. The van der Waals surface area contributed by atoms with Gasteiger partial charge >= 0.3 is 0 Å². The summed E-state index contributed by atoms with van der Waals surface area (Å²) >= 11 is 0. The van der Waals surface area contributed by atoms with Crippen molar-refractivity contribution in [3.8, 4) is 0 Å². The van der Waals surface area contributed by atoms with Crippen LogP contribution < -0.4 is 5.32 Å². The maximum atomic E-state index is 4.28. The highest BCUT2D eigenvalue weighted by Crippen LogP contribution is 2.04. The summed E-state index contributed by atoms with van der Waals surface area (Å²) in [5, 5.41) is 3.34. The molecule has 0 aliphatic carbocycles. The highest BCUT2D eigenvalue weighted by Gasteiger charge is 2.12. The Labute approximate surface area is 62.7 Å². The van der Waals surface area contributed by atoms with Gasteiger partial charge in [0.1, 0.15) is 0 Å². The minimum Gasteiger partial charge on any atom is -0.369 e. The van der Waals surface area contributed by atoms with Crippen LogP contribution in [0.15, 0.2) is 4.99 Å². The van der Waals surface area contributed by atoms with Gasteiger partial charge < -0.3 is 5.32 Å². The summed E-state index contributed by atoms with van der Waals surface area (Å²) in [6.07, 6.45) is 3.88. The van der Waals surface area contributed by atoms with Gasteiger partial charge in [-0.05, 0) is 13.3 Å². The molecule has 0 aromatic rings. The summed E-state index contributed by atoms with van der Waals surface area (Å²) < 4.78 is 0. The SMILES string of the molecule is CCCC[C@@H]1CN=C(C)N1. The van der Waals surface area contributed by atoms with E-state index in [-0.39, 0.29) is 0 Å². The molecule has 10 heavy (non-hydrogen) atoms. The number of nitrogens with one attached hydrogen (secondary N) is 1. The molecule has 1 N–H and O–H groups in total. The number of rotatable bonds is 3. The predicted molar refractivity (Wildman–Crippen MR) is 44.4 cm³/mol. The Bertz CT molecular complexity index is 129. The van der Waals surface area contributed by atoms with Crippen LogP contribution in [0.2, 0.25) is 0 Å². The van der Waals surface area contributed by atoms with Crippen molar-refractivity contribution < 1.29 is 0 Å². The largest absolute Gasteiger partial charge is 0.369 e. The molecule has 0 saturated carbocycles. The lowest BCUT2D eigenvalue weighted by Crippen LogP contribution is -2.28. The van der Waals surface area contributed by atoms with E-state index in [4.69, 9.17) is 0 Å². The summed E-state index contributed by atoms with van der Waals surface area (Å²) in [6, 6.07) is 0.639. The second-order valence-corrected chi connectivity index (χ2v) is 2.91. The van der Waals surface area contributed by atoms with Crippen molar-refractivity contribution in [2.75, 3.05) is 6.54 Å². The number of unbranched alkanes of at least 4 members (excludes halogenated alkanes) is 1. The summed E-state index contributed by atoms with van der Waals surface area (Å²) in [6.45, 7) is 5.25. The van der Waals surface area contributed by atoms with E-state index in [1.807, 2.05) is 6.92 Å². The van der Waals surface area contributed by atoms with Crippen LogP contribution in [-0.4, -0.2) is 18.4 Å². The van der Waals surface area contributed by atoms with E-state index in [0.717, 1.165) is 12.4 Å². The van der Waals surface area contributed by atoms with E-state index in [0.29, 0.717) is 6.04 Å². The van der Waals surface area contributed by atoms with Gasteiger partial charge in [0.25, 0.3) is 0 Å². The lowest BCUT2D eigenvalue weighted by molar-refractivity contribution is 0.566. The van der Waals surface area contributed by atoms with Crippen LogP contribution in [0.3, 0.4) is 0 Å². The van der Waals surface area contributed by atoms with E-state index in [2.05, 4.69) is 17.2 Å². The van der Waals surface area contributed by atoms with Crippen LogP contribution in [0.25, 0.3) is 0 Å². The molecule has 0 aromatic heterocycles. The maximum Gasteiger partial charge on any atom is 0.0935 e.